The van der Waals surface area contributed by atoms with Crippen molar-refractivity contribution in [1.29, 1.82) is 0 Å². The molecule has 4 N–H and O–H groups in total. The summed E-state index contributed by atoms with van der Waals surface area (Å²) >= 11 is 0. The zero-order valence-electron chi connectivity index (χ0n) is 5.39. The molecule has 0 aliphatic carbocycles. The van der Waals surface area contributed by atoms with Crippen LogP contribution in [-0.2, 0) is 0 Å². The second-order valence-electron chi connectivity index (χ2n) is 2.01. The maximum absolute atomic E-state index is 5.19. The van der Waals surface area contributed by atoms with Gasteiger partial charge in [0, 0.05) is 11.9 Å². The van der Waals surface area contributed by atoms with Crippen LogP contribution < -0.4 is 11.3 Å². The summed E-state index contributed by atoms with van der Waals surface area (Å²) in [7, 11) is 0. The Bertz CT molecular complexity index is 157. The van der Waals surface area contributed by atoms with Crippen LogP contribution >= 0.6 is 0 Å². The van der Waals surface area contributed by atoms with Crippen LogP contribution in [0.4, 0.5) is 0 Å². The molecule has 1 aromatic heterocycles. The van der Waals surface area contributed by atoms with Gasteiger partial charge < -0.3 is 4.98 Å². The van der Waals surface area contributed by atoms with Crippen LogP contribution in [-0.4, -0.2) is 4.98 Å². The molecule has 1 atom stereocenters. The third-order valence-corrected chi connectivity index (χ3v) is 1.34. The third kappa shape index (κ3) is 1.31. The van der Waals surface area contributed by atoms with E-state index in [2.05, 4.69) is 10.4 Å². The quantitative estimate of drug-likeness (QED) is 0.399. The van der Waals surface area contributed by atoms with Gasteiger partial charge in [-0.3, -0.25) is 11.3 Å². The van der Waals surface area contributed by atoms with Crippen molar-refractivity contribution in [1.82, 2.24) is 10.4 Å². The first-order valence-electron chi connectivity index (χ1n) is 2.94. The summed E-state index contributed by atoms with van der Waals surface area (Å²) in [5, 5.41) is 0. The maximum atomic E-state index is 5.19. The first-order chi connectivity index (χ1) is 4.34. The molecule has 0 aliphatic rings. The summed E-state index contributed by atoms with van der Waals surface area (Å²) in [6, 6.07) is 4.15. The van der Waals surface area contributed by atoms with Crippen molar-refractivity contribution in [3.63, 3.8) is 0 Å². The Morgan fingerprint density at radius 2 is 2.56 bits per heavy atom. The average Bonchev–Trinajstić information content (AvgIpc) is 2.37. The Hall–Kier alpha value is -0.800. The minimum Gasteiger partial charge on any atom is -0.364 e. The Balaban J connectivity index is 2.65. The monoisotopic (exact) mass is 125 g/mol. The molecule has 1 heterocycles. The van der Waals surface area contributed by atoms with E-state index in [4.69, 9.17) is 5.84 Å². The molecular formula is C6H11N3. The number of nitrogens with one attached hydrogen (secondary N) is 2. The predicted octanol–water partition coefficient (Wildman–Crippen LogP) is 0.539. The second-order valence-corrected chi connectivity index (χ2v) is 2.01. The highest BCUT2D eigenvalue weighted by atomic mass is 15.2. The number of aromatic amines is 1. The van der Waals surface area contributed by atoms with Gasteiger partial charge in [-0.15, -0.1) is 0 Å². The van der Waals surface area contributed by atoms with Gasteiger partial charge in [0.25, 0.3) is 0 Å². The Morgan fingerprint density at radius 3 is 3.00 bits per heavy atom. The molecule has 0 aliphatic heterocycles. The molecule has 1 rings (SSSR count). The van der Waals surface area contributed by atoms with E-state index in [1.54, 1.807) is 0 Å². The minimum atomic E-state index is 0.208. The van der Waals surface area contributed by atoms with Crippen LogP contribution in [0.1, 0.15) is 18.7 Å². The summed E-state index contributed by atoms with van der Waals surface area (Å²) in [5.74, 6) is 5.19. The number of nitrogens with two attached hydrogens (primary N) is 1. The lowest BCUT2D eigenvalue weighted by Crippen LogP contribution is -2.25. The molecule has 50 valence electrons. The van der Waals surface area contributed by atoms with Crippen molar-refractivity contribution in [2.24, 2.45) is 5.84 Å². The van der Waals surface area contributed by atoms with E-state index in [0.29, 0.717) is 0 Å². The maximum Gasteiger partial charge on any atom is 0.0581 e. The predicted molar refractivity (Wildman–Crippen MR) is 36.5 cm³/mol. The molecule has 0 fully saturated rings. The van der Waals surface area contributed by atoms with Gasteiger partial charge in [0.15, 0.2) is 0 Å². The van der Waals surface area contributed by atoms with Crippen LogP contribution in [0.5, 0.6) is 0 Å². The van der Waals surface area contributed by atoms with Crippen LogP contribution in [0.15, 0.2) is 18.3 Å². The van der Waals surface area contributed by atoms with Gasteiger partial charge in [-0.25, -0.2) is 0 Å². The zero-order chi connectivity index (χ0) is 6.69. The Kier molecular flexibility index (Phi) is 1.87. The molecule has 0 aromatic carbocycles. The molecular weight excluding hydrogens is 114 g/mol. The second kappa shape index (κ2) is 2.66. The molecule has 0 radical (unpaired) electrons. The van der Waals surface area contributed by atoms with Crippen LogP contribution in [0, 0.1) is 0 Å². The van der Waals surface area contributed by atoms with E-state index in [1.165, 1.54) is 0 Å². The molecule has 0 spiro atoms. The molecule has 0 saturated carbocycles. The van der Waals surface area contributed by atoms with Crippen molar-refractivity contribution in [2.75, 3.05) is 0 Å². The lowest BCUT2D eigenvalue weighted by Gasteiger charge is -2.05. The highest BCUT2D eigenvalue weighted by Crippen LogP contribution is 2.05. The highest BCUT2D eigenvalue weighted by Gasteiger charge is 1.99. The average molecular weight is 125 g/mol. The van der Waals surface area contributed by atoms with Crippen LogP contribution in [0.2, 0.25) is 0 Å². The molecule has 3 heteroatoms. The van der Waals surface area contributed by atoms with Gasteiger partial charge in [-0.2, -0.15) is 0 Å². The number of aromatic nitrogens is 1. The number of hydrogen-bond donors (Lipinski definition) is 3. The molecule has 0 amide bonds. The molecule has 0 bridgehead atoms. The minimum absolute atomic E-state index is 0.208. The normalized spacial score (nSPS) is 13.6. The van der Waals surface area contributed by atoms with E-state index in [1.807, 2.05) is 25.3 Å². The lowest BCUT2D eigenvalue weighted by molar-refractivity contribution is 0.590. The zero-order valence-corrected chi connectivity index (χ0v) is 5.39. The van der Waals surface area contributed by atoms with E-state index < -0.39 is 0 Å². The fourth-order valence-electron chi connectivity index (χ4n) is 0.703. The highest BCUT2D eigenvalue weighted by molar-refractivity contribution is 5.07. The lowest BCUT2D eigenvalue weighted by atomic mass is 10.2. The fraction of sp³-hybridized carbons (Fsp3) is 0.333. The van der Waals surface area contributed by atoms with Gasteiger partial charge in [0.05, 0.1) is 6.04 Å². The van der Waals surface area contributed by atoms with Gasteiger partial charge in [0.2, 0.25) is 0 Å². The fourth-order valence-corrected chi connectivity index (χ4v) is 0.703. The summed E-state index contributed by atoms with van der Waals surface area (Å²) in [4.78, 5) is 3.05. The van der Waals surface area contributed by atoms with Crippen molar-refractivity contribution < 1.29 is 0 Å². The number of hydrogen-bond acceptors (Lipinski definition) is 2. The van der Waals surface area contributed by atoms with Gasteiger partial charge in [-0.1, -0.05) is 0 Å². The van der Waals surface area contributed by atoms with Crippen molar-refractivity contribution in [3.05, 3.63) is 24.0 Å². The summed E-state index contributed by atoms with van der Waals surface area (Å²) in [6.45, 7) is 1.99. The van der Waals surface area contributed by atoms with Crippen LogP contribution in [0.3, 0.4) is 0 Å². The van der Waals surface area contributed by atoms with Crippen molar-refractivity contribution in [3.8, 4) is 0 Å². The first-order valence-corrected chi connectivity index (χ1v) is 2.94. The molecule has 1 aromatic rings. The number of rotatable bonds is 2. The van der Waals surface area contributed by atoms with E-state index >= 15 is 0 Å². The van der Waals surface area contributed by atoms with Gasteiger partial charge in [0.1, 0.15) is 0 Å². The molecule has 9 heavy (non-hydrogen) atoms. The SMILES string of the molecule is C[C@@H](NN)c1ccc[nH]1. The van der Waals surface area contributed by atoms with E-state index in [0.717, 1.165) is 5.69 Å². The third-order valence-electron chi connectivity index (χ3n) is 1.34. The molecule has 3 nitrogen and oxygen atoms in total. The molecule has 0 saturated heterocycles. The van der Waals surface area contributed by atoms with Crippen molar-refractivity contribution in [2.45, 2.75) is 13.0 Å². The summed E-state index contributed by atoms with van der Waals surface area (Å²) < 4.78 is 0. The van der Waals surface area contributed by atoms with E-state index in [9.17, 15) is 0 Å². The Morgan fingerprint density at radius 1 is 1.78 bits per heavy atom. The standard InChI is InChI=1S/C6H11N3/c1-5(9-7)6-3-2-4-8-6/h2-5,8-9H,7H2,1H3/t5-/m1/s1. The smallest absolute Gasteiger partial charge is 0.0581 e. The number of hydrazine groups is 1. The van der Waals surface area contributed by atoms with Crippen LogP contribution in [0.25, 0.3) is 0 Å². The first kappa shape index (κ1) is 6.32. The van der Waals surface area contributed by atoms with Gasteiger partial charge in [-0.05, 0) is 19.1 Å². The summed E-state index contributed by atoms with van der Waals surface area (Å²) in [6.07, 6.45) is 1.88. The molecule has 0 unspecified atom stereocenters. The topological polar surface area (TPSA) is 53.8 Å². The largest absolute Gasteiger partial charge is 0.364 e. The number of H-pyrrole nitrogens is 1. The van der Waals surface area contributed by atoms with Crippen molar-refractivity contribution >= 4 is 0 Å². The van der Waals surface area contributed by atoms with E-state index in [-0.39, 0.29) is 6.04 Å². The van der Waals surface area contributed by atoms with Gasteiger partial charge >= 0.3 is 0 Å². The summed E-state index contributed by atoms with van der Waals surface area (Å²) in [5.41, 5.74) is 3.74. The Labute approximate surface area is 54.2 Å².